The molecule has 1 rings (SSSR count). The number of carbonyl (C=O) groups excluding carboxylic acids is 1. The number of hydrogen-bond acceptors (Lipinski definition) is 3. The van der Waals surface area contributed by atoms with Crippen LogP contribution in [0.1, 0.15) is 191 Å². The molecule has 0 spiro atoms. The van der Waals surface area contributed by atoms with E-state index in [1.54, 1.807) is 0 Å². The molecule has 3 heteroatoms. The average Bonchev–Trinajstić information content (AvgIpc) is 2.97. The first-order valence-electron chi connectivity index (χ1n) is 17.7. The number of hydrogen-bond donors (Lipinski definition) is 0. The molecular weight excluding hydrogens is 492 g/mol. The molecule has 0 fully saturated rings. The second-order valence-electron chi connectivity index (χ2n) is 12.0. The van der Waals surface area contributed by atoms with Crippen LogP contribution in [0.2, 0.25) is 0 Å². The first-order chi connectivity index (χ1) is 19.8. The summed E-state index contributed by atoms with van der Waals surface area (Å²) in [6, 6.07) is 5.60. The third-order valence-corrected chi connectivity index (χ3v) is 8.07. The molecule has 1 aromatic rings. The van der Waals surface area contributed by atoms with Crippen molar-refractivity contribution in [3.05, 3.63) is 23.8 Å². The van der Waals surface area contributed by atoms with Gasteiger partial charge in [0.05, 0.1) is 13.2 Å². The van der Waals surface area contributed by atoms with Crippen LogP contribution in [-0.2, 0) is 0 Å². The minimum absolute atomic E-state index is 0.628. The fourth-order valence-electron chi connectivity index (χ4n) is 5.45. The topological polar surface area (TPSA) is 35.5 Å². The largest absolute Gasteiger partial charge is 0.493 e. The van der Waals surface area contributed by atoms with Crippen LogP contribution in [0.15, 0.2) is 18.2 Å². The lowest BCUT2D eigenvalue weighted by atomic mass is 10.0. The second-order valence-corrected chi connectivity index (χ2v) is 12.0. The van der Waals surface area contributed by atoms with Gasteiger partial charge in [0.1, 0.15) is 17.8 Å². The molecule has 0 saturated heterocycles. The van der Waals surface area contributed by atoms with Crippen molar-refractivity contribution >= 4 is 6.29 Å². The highest BCUT2D eigenvalue weighted by atomic mass is 16.5. The summed E-state index contributed by atoms with van der Waals surface area (Å²) in [5.74, 6) is 1.51. The molecule has 1 aromatic carbocycles. The molecule has 0 N–H and O–H groups in total. The Morgan fingerprint density at radius 1 is 0.425 bits per heavy atom. The molecule has 0 heterocycles. The summed E-state index contributed by atoms with van der Waals surface area (Å²) in [6.07, 6.45) is 35.9. The molecule has 0 amide bonds. The van der Waals surface area contributed by atoms with Crippen LogP contribution < -0.4 is 9.47 Å². The second kappa shape index (κ2) is 29.0. The lowest BCUT2D eigenvalue weighted by Gasteiger charge is -2.11. The van der Waals surface area contributed by atoms with Crippen molar-refractivity contribution in [3.8, 4) is 11.5 Å². The Balaban J connectivity index is 2.01. The van der Waals surface area contributed by atoms with Crippen molar-refractivity contribution in [1.29, 1.82) is 0 Å². The van der Waals surface area contributed by atoms with Gasteiger partial charge >= 0.3 is 0 Å². The SMILES string of the molecule is CCCCCCCCCCCCCCCOc1cc(C=O)cc(OCCCCCCCCCCCCCCC)c1. The number of unbranched alkanes of at least 4 members (excludes halogenated alkanes) is 24. The normalized spacial score (nSPS) is 11.2. The van der Waals surface area contributed by atoms with E-state index >= 15 is 0 Å². The third kappa shape index (κ3) is 23.2. The maximum Gasteiger partial charge on any atom is 0.150 e. The maximum absolute atomic E-state index is 11.4. The molecule has 0 unspecified atom stereocenters. The maximum atomic E-state index is 11.4. The van der Waals surface area contributed by atoms with Crippen molar-refractivity contribution in [2.75, 3.05) is 13.2 Å². The van der Waals surface area contributed by atoms with Crippen molar-refractivity contribution < 1.29 is 14.3 Å². The summed E-state index contributed by atoms with van der Waals surface area (Å²) in [4.78, 5) is 11.4. The Morgan fingerprint density at radius 2 is 0.700 bits per heavy atom. The van der Waals surface area contributed by atoms with Crippen LogP contribution >= 0.6 is 0 Å². The van der Waals surface area contributed by atoms with Gasteiger partial charge in [0, 0.05) is 11.6 Å². The van der Waals surface area contributed by atoms with E-state index in [2.05, 4.69) is 13.8 Å². The number of carbonyl (C=O) groups is 1. The Labute approximate surface area is 249 Å². The predicted molar refractivity (Wildman–Crippen MR) is 174 cm³/mol. The molecule has 0 aliphatic heterocycles. The van der Waals surface area contributed by atoms with Crippen molar-refractivity contribution in [2.45, 2.75) is 181 Å². The first kappa shape index (κ1) is 36.5. The Morgan fingerprint density at radius 3 is 0.975 bits per heavy atom. The van der Waals surface area contributed by atoms with E-state index in [-0.39, 0.29) is 0 Å². The first-order valence-corrected chi connectivity index (χ1v) is 17.7. The Bertz CT molecular complexity index is 621. The van der Waals surface area contributed by atoms with Crippen LogP contribution in [-0.4, -0.2) is 19.5 Å². The summed E-state index contributed by atoms with van der Waals surface area (Å²) in [6.45, 7) is 5.98. The molecule has 40 heavy (non-hydrogen) atoms. The highest BCUT2D eigenvalue weighted by Crippen LogP contribution is 2.23. The van der Waals surface area contributed by atoms with Gasteiger partial charge in [-0.15, -0.1) is 0 Å². The minimum atomic E-state index is 0.628. The summed E-state index contributed by atoms with van der Waals surface area (Å²) < 4.78 is 11.9. The van der Waals surface area contributed by atoms with Gasteiger partial charge in [-0.2, -0.15) is 0 Å². The Hall–Kier alpha value is -1.51. The van der Waals surface area contributed by atoms with E-state index in [1.165, 1.54) is 154 Å². The van der Waals surface area contributed by atoms with Crippen LogP contribution in [0.3, 0.4) is 0 Å². The molecule has 0 aromatic heterocycles. The summed E-state index contributed by atoms with van der Waals surface area (Å²) >= 11 is 0. The average molecular weight is 559 g/mol. The highest BCUT2D eigenvalue weighted by molar-refractivity contribution is 5.76. The quantitative estimate of drug-likeness (QED) is 0.0671. The summed E-state index contributed by atoms with van der Waals surface area (Å²) in [5.41, 5.74) is 0.628. The molecule has 0 radical (unpaired) electrons. The number of benzene rings is 1. The van der Waals surface area contributed by atoms with Crippen LogP contribution in [0.25, 0.3) is 0 Å². The zero-order chi connectivity index (χ0) is 28.8. The molecule has 0 bridgehead atoms. The molecule has 0 atom stereocenters. The van der Waals surface area contributed by atoms with Gasteiger partial charge in [-0.1, -0.05) is 168 Å². The van der Waals surface area contributed by atoms with E-state index in [9.17, 15) is 4.79 Å². The van der Waals surface area contributed by atoms with Gasteiger partial charge in [-0.25, -0.2) is 0 Å². The van der Waals surface area contributed by atoms with E-state index in [0.29, 0.717) is 18.8 Å². The Kier molecular flexibility index (Phi) is 26.5. The van der Waals surface area contributed by atoms with Gasteiger partial charge < -0.3 is 9.47 Å². The summed E-state index contributed by atoms with van der Waals surface area (Å²) in [5, 5.41) is 0. The van der Waals surface area contributed by atoms with Gasteiger partial charge in [0.2, 0.25) is 0 Å². The summed E-state index contributed by atoms with van der Waals surface area (Å²) in [7, 11) is 0. The van der Waals surface area contributed by atoms with Gasteiger partial charge in [-0.3, -0.25) is 4.79 Å². The number of rotatable bonds is 31. The van der Waals surface area contributed by atoms with Gasteiger partial charge in [-0.05, 0) is 25.0 Å². The van der Waals surface area contributed by atoms with Crippen LogP contribution in [0.4, 0.5) is 0 Å². The molecule has 0 aliphatic carbocycles. The highest BCUT2D eigenvalue weighted by Gasteiger charge is 2.04. The predicted octanol–water partition coefficient (Wildman–Crippen LogP) is 12.4. The van der Waals surface area contributed by atoms with E-state index in [4.69, 9.17) is 9.47 Å². The van der Waals surface area contributed by atoms with Crippen LogP contribution in [0, 0.1) is 0 Å². The third-order valence-electron chi connectivity index (χ3n) is 8.07. The van der Waals surface area contributed by atoms with Crippen molar-refractivity contribution in [2.24, 2.45) is 0 Å². The fourth-order valence-corrected chi connectivity index (χ4v) is 5.45. The van der Waals surface area contributed by atoms with Gasteiger partial charge in [0.25, 0.3) is 0 Å². The van der Waals surface area contributed by atoms with Crippen LogP contribution in [0.5, 0.6) is 11.5 Å². The molecular formula is C37H66O3. The van der Waals surface area contributed by atoms with Gasteiger partial charge in [0.15, 0.2) is 0 Å². The molecule has 3 nitrogen and oxygen atoms in total. The monoisotopic (exact) mass is 559 g/mol. The number of ether oxygens (including phenoxy) is 2. The van der Waals surface area contributed by atoms with Crippen molar-refractivity contribution in [3.63, 3.8) is 0 Å². The smallest absolute Gasteiger partial charge is 0.150 e. The zero-order valence-electron chi connectivity index (χ0n) is 26.8. The lowest BCUT2D eigenvalue weighted by Crippen LogP contribution is -2.01. The minimum Gasteiger partial charge on any atom is -0.493 e. The molecule has 232 valence electrons. The molecule has 0 aliphatic rings. The molecule has 0 saturated carbocycles. The van der Waals surface area contributed by atoms with E-state index in [1.807, 2.05) is 18.2 Å². The van der Waals surface area contributed by atoms with E-state index in [0.717, 1.165) is 30.6 Å². The fraction of sp³-hybridized carbons (Fsp3) is 0.811. The standard InChI is InChI=1S/C37H66O3/c1-3-5-7-9-11-13-15-17-19-21-23-25-27-29-39-36-31-35(34-38)32-37(33-36)40-30-28-26-24-22-20-18-16-14-12-10-8-6-4-2/h31-34H,3-30H2,1-2H3. The van der Waals surface area contributed by atoms with E-state index < -0.39 is 0 Å². The van der Waals surface area contributed by atoms with Crippen molar-refractivity contribution in [1.82, 2.24) is 0 Å². The lowest BCUT2D eigenvalue weighted by molar-refractivity contribution is 0.112. The zero-order valence-corrected chi connectivity index (χ0v) is 26.8. The number of aldehydes is 1.